The highest BCUT2D eigenvalue weighted by Gasteiger charge is 2.22. The Morgan fingerprint density at radius 2 is 2.21 bits per heavy atom. The number of nitrogens with one attached hydrogen (secondary N) is 2. The fourth-order valence-corrected chi connectivity index (χ4v) is 2.95. The zero-order chi connectivity index (χ0) is 13.2. The van der Waals surface area contributed by atoms with E-state index < -0.39 is 0 Å². The maximum atomic E-state index is 12.2. The summed E-state index contributed by atoms with van der Waals surface area (Å²) in [5, 5.41) is 6.34. The second kappa shape index (κ2) is 5.23. The van der Waals surface area contributed by atoms with Crippen molar-refractivity contribution in [2.75, 3.05) is 11.9 Å². The molecule has 1 aliphatic carbocycles. The summed E-state index contributed by atoms with van der Waals surface area (Å²) in [6.45, 7) is 4.18. The van der Waals surface area contributed by atoms with Crippen molar-refractivity contribution in [3.05, 3.63) is 11.9 Å². The average Bonchev–Trinajstić information content (AvgIpc) is 2.85. The van der Waals surface area contributed by atoms with Gasteiger partial charge < -0.3 is 15.2 Å². The molecule has 0 atom stereocenters. The van der Waals surface area contributed by atoms with Crippen LogP contribution in [0.3, 0.4) is 0 Å². The number of amides is 1. The molecule has 0 saturated heterocycles. The molecule has 0 bridgehead atoms. The Morgan fingerprint density at radius 1 is 1.42 bits per heavy atom. The van der Waals surface area contributed by atoms with E-state index in [0.717, 1.165) is 44.2 Å². The number of fused-ring (bicyclic) bond motifs is 1. The molecule has 1 aromatic heterocycles. The molecule has 1 amide bonds. The highest BCUT2D eigenvalue weighted by Crippen LogP contribution is 2.23. The van der Waals surface area contributed by atoms with E-state index in [4.69, 9.17) is 0 Å². The lowest BCUT2D eigenvalue weighted by Gasteiger charge is -2.26. The van der Waals surface area contributed by atoms with Crippen molar-refractivity contribution in [3.8, 4) is 0 Å². The van der Waals surface area contributed by atoms with Crippen molar-refractivity contribution in [2.45, 2.75) is 51.6 Å². The number of carbonyl (C=O) groups excluding carboxylic acids is 1. The molecular formula is C14H22N4O. The summed E-state index contributed by atoms with van der Waals surface area (Å²) in [6, 6.07) is 0.329. The highest BCUT2D eigenvalue weighted by atomic mass is 16.2. The van der Waals surface area contributed by atoms with E-state index >= 15 is 0 Å². The first-order valence-corrected chi connectivity index (χ1v) is 7.34. The number of nitrogens with zero attached hydrogens (tertiary/aromatic N) is 2. The average molecular weight is 262 g/mol. The molecule has 104 valence electrons. The van der Waals surface area contributed by atoms with Crippen LogP contribution < -0.4 is 10.6 Å². The van der Waals surface area contributed by atoms with Gasteiger partial charge in [0.15, 0.2) is 0 Å². The van der Waals surface area contributed by atoms with Gasteiger partial charge in [0.1, 0.15) is 5.69 Å². The van der Waals surface area contributed by atoms with Gasteiger partial charge in [-0.2, -0.15) is 0 Å². The third kappa shape index (κ3) is 2.74. The van der Waals surface area contributed by atoms with Crippen LogP contribution in [0.4, 0.5) is 5.95 Å². The van der Waals surface area contributed by atoms with Gasteiger partial charge in [-0.15, -0.1) is 0 Å². The third-order valence-corrected chi connectivity index (χ3v) is 4.22. The van der Waals surface area contributed by atoms with Gasteiger partial charge in [-0.3, -0.25) is 4.79 Å². The monoisotopic (exact) mass is 262 g/mol. The summed E-state index contributed by atoms with van der Waals surface area (Å²) >= 11 is 0. The van der Waals surface area contributed by atoms with E-state index in [2.05, 4.69) is 22.5 Å². The SMILES string of the molecule is CC1CCC(NC(=O)c2cn3c(n2)NCCC3)CC1. The Bertz CT molecular complexity index is 437. The van der Waals surface area contributed by atoms with Gasteiger partial charge in [0.2, 0.25) is 5.95 Å². The van der Waals surface area contributed by atoms with Gasteiger partial charge in [-0.05, 0) is 38.0 Å². The number of hydrogen-bond donors (Lipinski definition) is 2. The molecule has 0 unspecified atom stereocenters. The van der Waals surface area contributed by atoms with E-state index in [1.807, 2.05) is 10.8 Å². The number of aryl methyl sites for hydroxylation is 1. The van der Waals surface area contributed by atoms with Crippen molar-refractivity contribution in [1.29, 1.82) is 0 Å². The van der Waals surface area contributed by atoms with Gasteiger partial charge in [0.25, 0.3) is 5.91 Å². The van der Waals surface area contributed by atoms with Crippen molar-refractivity contribution in [3.63, 3.8) is 0 Å². The molecular weight excluding hydrogens is 240 g/mol. The molecule has 2 heterocycles. The van der Waals surface area contributed by atoms with Crippen LogP contribution >= 0.6 is 0 Å². The van der Waals surface area contributed by atoms with Crippen LogP contribution in [0.2, 0.25) is 0 Å². The lowest BCUT2D eigenvalue weighted by molar-refractivity contribution is 0.0918. The van der Waals surface area contributed by atoms with Crippen molar-refractivity contribution in [2.24, 2.45) is 5.92 Å². The lowest BCUT2D eigenvalue weighted by Crippen LogP contribution is -2.37. The molecule has 19 heavy (non-hydrogen) atoms. The number of rotatable bonds is 2. The summed E-state index contributed by atoms with van der Waals surface area (Å²) in [6.07, 6.45) is 7.57. The maximum absolute atomic E-state index is 12.2. The second-order valence-electron chi connectivity index (χ2n) is 5.85. The number of carbonyl (C=O) groups is 1. The molecule has 5 heteroatoms. The van der Waals surface area contributed by atoms with Gasteiger partial charge in [-0.25, -0.2) is 4.98 Å². The predicted octanol–water partition coefficient (Wildman–Crippen LogP) is 2.01. The van der Waals surface area contributed by atoms with E-state index in [1.165, 1.54) is 12.8 Å². The summed E-state index contributed by atoms with van der Waals surface area (Å²) < 4.78 is 2.03. The molecule has 3 rings (SSSR count). The van der Waals surface area contributed by atoms with Crippen molar-refractivity contribution in [1.82, 2.24) is 14.9 Å². The van der Waals surface area contributed by atoms with Gasteiger partial charge in [0.05, 0.1) is 0 Å². The number of imidazole rings is 1. The Kier molecular flexibility index (Phi) is 3.44. The minimum atomic E-state index is -0.0248. The van der Waals surface area contributed by atoms with Gasteiger partial charge >= 0.3 is 0 Å². The second-order valence-corrected chi connectivity index (χ2v) is 5.85. The predicted molar refractivity (Wildman–Crippen MR) is 74.2 cm³/mol. The Hall–Kier alpha value is -1.52. The molecule has 5 nitrogen and oxygen atoms in total. The zero-order valence-corrected chi connectivity index (χ0v) is 11.5. The number of anilines is 1. The lowest BCUT2D eigenvalue weighted by atomic mass is 9.87. The van der Waals surface area contributed by atoms with E-state index in [1.54, 1.807) is 0 Å². The van der Waals surface area contributed by atoms with E-state index in [-0.39, 0.29) is 5.91 Å². The van der Waals surface area contributed by atoms with Crippen LogP contribution in [0.25, 0.3) is 0 Å². The largest absolute Gasteiger partial charge is 0.356 e. The molecule has 0 radical (unpaired) electrons. The molecule has 0 aromatic carbocycles. The van der Waals surface area contributed by atoms with Gasteiger partial charge in [0, 0.05) is 25.3 Å². The first-order valence-electron chi connectivity index (χ1n) is 7.34. The Morgan fingerprint density at radius 3 is 2.95 bits per heavy atom. The van der Waals surface area contributed by atoms with Crippen LogP contribution in [0.15, 0.2) is 6.20 Å². The van der Waals surface area contributed by atoms with Crippen LogP contribution in [0.5, 0.6) is 0 Å². The third-order valence-electron chi connectivity index (χ3n) is 4.22. The first kappa shape index (κ1) is 12.5. The Balaban J connectivity index is 1.62. The normalized spacial score (nSPS) is 26.4. The van der Waals surface area contributed by atoms with Crippen LogP contribution in [-0.4, -0.2) is 28.0 Å². The minimum absolute atomic E-state index is 0.0248. The molecule has 1 aliphatic heterocycles. The Labute approximate surface area is 113 Å². The summed E-state index contributed by atoms with van der Waals surface area (Å²) in [7, 11) is 0. The van der Waals surface area contributed by atoms with E-state index in [0.29, 0.717) is 11.7 Å². The smallest absolute Gasteiger partial charge is 0.271 e. The molecule has 1 saturated carbocycles. The van der Waals surface area contributed by atoms with E-state index in [9.17, 15) is 4.79 Å². The first-order chi connectivity index (χ1) is 9.22. The molecule has 2 aliphatic rings. The maximum Gasteiger partial charge on any atom is 0.271 e. The summed E-state index contributed by atoms with van der Waals surface area (Å²) in [5.41, 5.74) is 0.544. The highest BCUT2D eigenvalue weighted by molar-refractivity contribution is 5.92. The standard InChI is InChI=1S/C14H22N4O/c1-10-3-5-11(6-4-10)16-13(19)12-9-18-8-2-7-15-14(18)17-12/h9-11H,2-8H2,1H3,(H,15,17)(H,16,19). The van der Waals surface area contributed by atoms with Crippen LogP contribution in [-0.2, 0) is 6.54 Å². The quantitative estimate of drug-likeness (QED) is 0.857. The van der Waals surface area contributed by atoms with Crippen molar-refractivity contribution >= 4 is 11.9 Å². The summed E-state index contributed by atoms with van der Waals surface area (Å²) in [5.74, 6) is 1.61. The minimum Gasteiger partial charge on any atom is -0.356 e. The molecule has 2 N–H and O–H groups in total. The van der Waals surface area contributed by atoms with Crippen LogP contribution in [0, 0.1) is 5.92 Å². The fourth-order valence-electron chi connectivity index (χ4n) is 2.95. The molecule has 0 spiro atoms. The van der Waals surface area contributed by atoms with Gasteiger partial charge in [-0.1, -0.05) is 6.92 Å². The number of aromatic nitrogens is 2. The topological polar surface area (TPSA) is 59.0 Å². The van der Waals surface area contributed by atoms with Crippen molar-refractivity contribution < 1.29 is 4.79 Å². The summed E-state index contributed by atoms with van der Waals surface area (Å²) in [4.78, 5) is 16.6. The zero-order valence-electron chi connectivity index (χ0n) is 11.5. The number of hydrogen-bond acceptors (Lipinski definition) is 3. The fraction of sp³-hybridized carbons (Fsp3) is 0.714. The van der Waals surface area contributed by atoms with Crippen LogP contribution in [0.1, 0.15) is 49.5 Å². The molecule has 1 fully saturated rings. The molecule has 1 aromatic rings.